The third-order valence-electron chi connectivity index (χ3n) is 6.18. The number of benzene rings is 2. The highest BCUT2D eigenvalue weighted by Gasteiger charge is 2.32. The molecule has 9 nitrogen and oxygen atoms in total. The highest BCUT2D eigenvalue weighted by atomic mass is 16.3. The fourth-order valence-corrected chi connectivity index (χ4v) is 4.48. The molecule has 1 aliphatic rings. The molecule has 2 aromatic carbocycles. The number of carbonyl (C=O) groups is 2. The Morgan fingerprint density at radius 2 is 1.69 bits per heavy atom. The molecule has 2 aromatic heterocycles. The third-order valence-corrected chi connectivity index (χ3v) is 6.18. The van der Waals surface area contributed by atoms with Gasteiger partial charge < -0.3 is 15.0 Å². The molecule has 178 valence electrons. The number of hydrogen-bond donors (Lipinski definition) is 2. The van der Waals surface area contributed by atoms with Gasteiger partial charge in [0.15, 0.2) is 5.78 Å². The Bertz CT molecular complexity index is 1520. The first-order valence-electron chi connectivity index (χ1n) is 11.5. The molecule has 1 unspecified atom stereocenters. The number of ketones is 1. The summed E-state index contributed by atoms with van der Waals surface area (Å²) in [6, 6.07) is 14.3. The second kappa shape index (κ2) is 8.92. The lowest BCUT2D eigenvalue weighted by atomic mass is 10.0. The van der Waals surface area contributed by atoms with E-state index in [4.69, 9.17) is 0 Å². The Morgan fingerprint density at radius 1 is 1.00 bits per heavy atom. The zero-order valence-corrected chi connectivity index (χ0v) is 19.4. The Kier molecular flexibility index (Phi) is 5.78. The van der Waals surface area contributed by atoms with Crippen molar-refractivity contribution < 1.29 is 14.7 Å². The van der Waals surface area contributed by atoms with E-state index in [-0.39, 0.29) is 42.8 Å². The molecule has 9 heteroatoms. The average Bonchev–Trinajstić information content (AvgIpc) is 3.42. The smallest absolute Gasteiger partial charge is 0.259 e. The Morgan fingerprint density at radius 3 is 2.43 bits per heavy atom. The second-order valence-electron chi connectivity index (χ2n) is 9.02. The maximum Gasteiger partial charge on any atom is 0.259 e. The summed E-state index contributed by atoms with van der Waals surface area (Å²) in [7, 11) is 0. The minimum atomic E-state index is -0.972. The lowest BCUT2D eigenvalue weighted by Gasteiger charge is -2.18. The molecule has 2 heterocycles. The molecule has 5 rings (SSSR count). The second-order valence-corrected chi connectivity index (χ2v) is 9.02. The van der Waals surface area contributed by atoms with Crippen molar-refractivity contribution in [3.63, 3.8) is 0 Å². The molecule has 1 amide bonds. The van der Waals surface area contributed by atoms with Crippen molar-refractivity contribution in [3.8, 4) is 11.3 Å². The summed E-state index contributed by atoms with van der Waals surface area (Å²) in [6.45, 7) is 3.92. The normalized spacial score (nSPS) is 13.2. The zero-order valence-electron chi connectivity index (χ0n) is 19.4. The molecule has 1 aliphatic carbocycles. The highest BCUT2D eigenvalue weighted by Crippen LogP contribution is 2.39. The lowest BCUT2D eigenvalue weighted by Crippen LogP contribution is -2.31. The van der Waals surface area contributed by atoms with Crippen LogP contribution in [0, 0.1) is 5.92 Å². The van der Waals surface area contributed by atoms with Crippen LogP contribution in [0.25, 0.3) is 22.0 Å². The molecule has 0 fully saturated rings. The summed E-state index contributed by atoms with van der Waals surface area (Å²) < 4.78 is 2.97. The van der Waals surface area contributed by atoms with E-state index in [0.29, 0.717) is 38.9 Å². The van der Waals surface area contributed by atoms with Crippen LogP contribution in [0.15, 0.2) is 59.5 Å². The van der Waals surface area contributed by atoms with Crippen molar-refractivity contribution >= 4 is 22.5 Å². The van der Waals surface area contributed by atoms with Crippen molar-refractivity contribution in [2.75, 3.05) is 0 Å². The van der Waals surface area contributed by atoms with Gasteiger partial charge in [0.2, 0.25) is 5.91 Å². The quantitative estimate of drug-likeness (QED) is 0.375. The fourth-order valence-electron chi connectivity index (χ4n) is 4.48. The van der Waals surface area contributed by atoms with Gasteiger partial charge in [-0.25, -0.2) is 4.68 Å². The monoisotopic (exact) mass is 471 g/mol. The van der Waals surface area contributed by atoms with Crippen LogP contribution < -0.4 is 10.9 Å². The molecule has 1 atom stereocenters. The Labute approximate surface area is 201 Å². The van der Waals surface area contributed by atoms with Crippen LogP contribution in [-0.4, -0.2) is 42.5 Å². The Balaban J connectivity index is 1.45. The summed E-state index contributed by atoms with van der Waals surface area (Å²) in [5.74, 6) is -0.343. The number of aromatic nitrogens is 4. The van der Waals surface area contributed by atoms with Crippen LogP contribution in [0.1, 0.15) is 35.5 Å². The topological polar surface area (TPSA) is 119 Å². The van der Waals surface area contributed by atoms with E-state index in [1.165, 1.54) is 9.25 Å². The molecule has 2 N–H and O–H groups in total. The van der Waals surface area contributed by atoms with E-state index in [0.717, 1.165) is 0 Å². The number of pyridine rings is 1. The summed E-state index contributed by atoms with van der Waals surface area (Å²) in [5.41, 5.74) is 2.55. The van der Waals surface area contributed by atoms with Gasteiger partial charge in [0, 0.05) is 27.8 Å². The summed E-state index contributed by atoms with van der Waals surface area (Å²) in [6.07, 6.45) is 0.677. The molecule has 0 aliphatic heterocycles. The Hall–Kier alpha value is -4.11. The van der Waals surface area contributed by atoms with Crippen LogP contribution in [-0.2, 0) is 24.4 Å². The number of nitrogens with one attached hydrogen (secondary N) is 1. The fraction of sp³-hybridized carbons (Fsp3) is 0.269. The molecule has 0 saturated carbocycles. The average molecular weight is 472 g/mol. The maximum atomic E-state index is 13.5. The first-order valence-corrected chi connectivity index (χ1v) is 11.5. The number of carbonyl (C=O) groups excluding carboxylic acids is 2. The van der Waals surface area contributed by atoms with E-state index in [1.807, 2.05) is 18.2 Å². The van der Waals surface area contributed by atoms with Crippen molar-refractivity contribution in [1.82, 2.24) is 24.9 Å². The predicted octanol–water partition coefficient (Wildman–Crippen LogP) is 2.14. The van der Waals surface area contributed by atoms with Crippen LogP contribution in [0.5, 0.6) is 0 Å². The van der Waals surface area contributed by atoms with E-state index in [9.17, 15) is 19.5 Å². The minimum Gasteiger partial charge on any atom is -0.389 e. The van der Waals surface area contributed by atoms with Gasteiger partial charge in [0.05, 0.1) is 43.2 Å². The summed E-state index contributed by atoms with van der Waals surface area (Å²) in [5, 5.41) is 22.8. The van der Waals surface area contributed by atoms with Gasteiger partial charge in [-0.05, 0) is 6.07 Å². The van der Waals surface area contributed by atoms with Crippen LogP contribution in [0.3, 0.4) is 0 Å². The highest BCUT2D eigenvalue weighted by molar-refractivity contribution is 6.26. The minimum absolute atomic E-state index is 0.0209. The number of aliphatic hydroxyl groups is 1. The van der Waals surface area contributed by atoms with E-state index >= 15 is 0 Å². The van der Waals surface area contributed by atoms with Crippen LogP contribution in [0.2, 0.25) is 0 Å². The van der Waals surface area contributed by atoms with Gasteiger partial charge in [-0.2, -0.15) is 0 Å². The molecule has 0 saturated heterocycles. The molecular formula is C26H25N5O4. The van der Waals surface area contributed by atoms with Crippen molar-refractivity contribution in [3.05, 3.63) is 81.9 Å². The predicted molar refractivity (Wildman–Crippen MR) is 130 cm³/mol. The molecule has 35 heavy (non-hydrogen) atoms. The van der Waals surface area contributed by atoms with Crippen molar-refractivity contribution in [2.45, 2.75) is 39.6 Å². The largest absolute Gasteiger partial charge is 0.389 e. The van der Waals surface area contributed by atoms with Gasteiger partial charge in [-0.15, -0.1) is 5.10 Å². The standard InChI is InChI=1S/C26H25N5O4/c1-15(2)25(34)27-11-16-12-30(29-28-16)13-17(32)14-31-23-19-8-4-5-9-20(19)24(33)22(23)18-7-3-6-10-21(18)26(31)35/h3-10,12,15,17,32H,11,13-14H2,1-2H3,(H,27,34). The first kappa shape index (κ1) is 22.7. The van der Waals surface area contributed by atoms with Crippen molar-refractivity contribution in [1.29, 1.82) is 0 Å². The van der Waals surface area contributed by atoms with E-state index in [1.54, 1.807) is 50.4 Å². The number of rotatable bonds is 7. The van der Waals surface area contributed by atoms with E-state index < -0.39 is 6.10 Å². The van der Waals surface area contributed by atoms with Crippen LogP contribution >= 0.6 is 0 Å². The lowest BCUT2D eigenvalue weighted by molar-refractivity contribution is -0.124. The third kappa shape index (κ3) is 4.04. The number of fused-ring (bicyclic) bond motifs is 5. The summed E-state index contributed by atoms with van der Waals surface area (Å²) in [4.78, 5) is 38.5. The first-order chi connectivity index (χ1) is 16.8. The van der Waals surface area contributed by atoms with Gasteiger partial charge in [0.1, 0.15) is 5.69 Å². The molecular weight excluding hydrogens is 446 g/mol. The number of hydrogen-bond acceptors (Lipinski definition) is 6. The SMILES string of the molecule is CC(C)C(=O)NCc1cn(CC(O)Cn2c3c(c4ccccc4c2=O)C(=O)c2ccccc2-3)nn1. The molecule has 0 bridgehead atoms. The van der Waals surface area contributed by atoms with Gasteiger partial charge in [-0.3, -0.25) is 14.4 Å². The van der Waals surface area contributed by atoms with Crippen LogP contribution in [0.4, 0.5) is 0 Å². The summed E-state index contributed by atoms with van der Waals surface area (Å²) >= 11 is 0. The molecule has 4 aromatic rings. The van der Waals surface area contributed by atoms with Gasteiger partial charge >= 0.3 is 0 Å². The number of aliphatic hydroxyl groups excluding tert-OH is 1. The zero-order chi connectivity index (χ0) is 24.7. The maximum absolute atomic E-state index is 13.5. The van der Waals surface area contributed by atoms with Crippen molar-refractivity contribution in [2.24, 2.45) is 5.92 Å². The van der Waals surface area contributed by atoms with E-state index in [2.05, 4.69) is 15.6 Å². The van der Waals surface area contributed by atoms with Gasteiger partial charge in [0.25, 0.3) is 5.56 Å². The molecule has 0 spiro atoms. The molecule has 0 radical (unpaired) electrons. The number of amides is 1. The number of nitrogens with zero attached hydrogens (tertiary/aromatic N) is 4. The van der Waals surface area contributed by atoms with Gasteiger partial charge in [-0.1, -0.05) is 61.5 Å².